The third-order valence-corrected chi connectivity index (χ3v) is 6.43. The van der Waals surface area contributed by atoms with Gasteiger partial charge >= 0.3 is 0 Å². The Kier molecular flexibility index (Phi) is 5.42. The second-order valence-electron chi connectivity index (χ2n) is 7.16. The van der Waals surface area contributed by atoms with E-state index in [0.29, 0.717) is 6.54 Å². The number of hydrogen-bond acceptors (Lipinski definition) is 5. The van der Waals surface area contributed by atoms with Gasteiger partial charge in [-0.1, -0.05) is 66.2 Å². The van der Waals surface area contributed by atoms with Gasteiger partial charge < -0.3 is 9.32 Å². The Morgan fingerprint density at radius 1 is 0.900 bits per heavy atom. The lowest BCUT2D eigenvalue weighted by atomic mass is 10.1. The summed E-state index contributed by atoms with van der Waals surface area (Å²) in [5.74, 6) is 0.502. The summed E-state index contributed by atoms with van der Waals surface area (Å²) in [6.07, 6.45) is 0. The molecule has 0 amide bonds. The second-order valence-corrected chi connectivity index (χ2v) is 9.02. The molecule has 1 aromatic heterocycles. The van der Waals surface area contributed by atoms with Gasteiger partial charge in [0.05, 0.1) is 4.90 Å². The van der Waals surface area contributed by atoms with Crippen molar-refractivity contribution < 1.29 is 12.8 Å². The minimum absolute atomic E-state index is 0.0800. The maximum absolute atomic E-state index is 13.4. The monoisotopic (exact) mass is 418 g/mol. The van der Waals surface area contributed by atoms with Crippen molar-refractivity contribution >= 4 is 15.7 Å². The molecule has 0 N–H and O–H groups in total. The Labute approximate surface area is 176 Å². The molecule has 4 rings (SSSR count). The average molecular weight is 419 g/mol. The molecular formula is C24H22N2O3S. The fourth-order valence-electron chi connectivity index (χ4n) is 3.26. The molecule has 0 aliphatic carbocycles. The molecule has 0 spiro atoms. The van der Waals surface area contributed by atoms with Crippen LogP contribution in [0.5, 0.6) is 0 Å². The van der Waals surface area contributed by atoms with Gasteiger partial charge in [0.1, 0.15) is 0 Å². The number of sulfone groups is 1. The molecule has 0 bridgehead atoms. The Hall–Kier alpha value is -3.38. The number of oxazole rings is 1. The minimum atomic E-state index is -3.85. The van der Waals surface area contributed by atoms with Crippen LogP contribution in [-0.2, 0) is 16.4 Å². The Morgan fingerprint density at radius 3 is 2.23 bits per heavy atom. The maximum Gasteiger partial charge on any atom is 0.236 e. The molecule has 152 valence electrons. The molecular weight excluding hydrogens is 396 g/mol. The van der Waals surface area contributed by atoms with Gasteiger partial charge in [0.15, 0.2) is 0 Å². The molecule has 0 saturated heterocycles. The first-order valence-electron chi connectivity index (χ1n) is 9.58. The van der Waals surface area contributed by atoms with E-state index >= 15 is 0 Å². The number of benzene rings is 3. The third-order valence-electron chi connectivity index (χ3n) is 4.76. The molecule has 4 aromatic rings. The topological polar surface area (TPSA) is 63.4 Å². The van der Waals surface area contributed by atoms with E-state index in [-0.39, 0.29) is 21.7 Å². The summed E-state index contributed by atoms with van der Waals surface area (Å²) in [6, 6.07) is 25.8. The average Bonchev–Trinajstić information content (AvgIpc) is 3.22. The van der Waals surface area contributed by atoms with Gasteiger partial charge in [-0.25, -0.2) is 8.42 Å². The Morgan fingerprint density at radius 2 is 1.57 bits per heavy atom. The van der Waals surface area contributed by atoms with Crippen molar-refractivity contribution in [2.24, 2.45) is 0 Å². The van der Waals surface area contributed by atoms with Gasteiger partial charge in [-0.2, -0.15) is 4.98 Å². The van der Waals surface area contributed by atoms with E-state index in [1.807, 2.05) is 61.5 Å². The van der Waals surface area contributed by atoms with Crippen LogP contribution in [-0.4, -0.2) is 20.4 Å². The molecule has 0 aliphatic rings. The first kappa shape index (κ1) is 19.9. The van der Waals surface area contributed by atoms with E-state index in [9.17, 15) is 8.42 Å². The number of nitrogens with zero attached hydrogens (tertiary/aromatic N) is 2. The van der Waals surface area contributed by atoms with Crippen LogP contribution in [0.2, 0.25) is 0 Å². The van der Waals surface area contributed by atoms with E-state index in [0.717, 1.165) is 16.7 Å². The fraction of sp³-hybridized carbons (Fsp3) is 0.125. The van der Waals surface area contributed by atoms with Crippen LogP contribution in [0.15, 0.2) is 99.3 Å². The molecule has 0 fully saturated rings. The van der Waals surface area contributed by atoms with E-state index in [4.69, 9.17) is 4.42 Å². The van der Waals surface area contributed by atoms with E-state index in [1.165, 1.54) is 0 Å². The molecule has 0 aliphatic heterocycles. The third kappa shape index (κ3) is 4.00. The largest absolute Gasteiger partial charge is 0.419 e. The maximum atomic E-state index is 13.4. The van der Waals surface area contributed by atoms with E-state index in [2.05, 4.69) is 4.98 Å². The van der Waals surface area contributed by atoms with Crippen LogP contribution in [0, 0.1) is 6.92 Å². The van der Waals surface area contributed by atoms with Gasteiger partial charge in [0, 0.05) is 19.2 Å². The zero-order chi connectivity index (χ0) is 21.1. The summed E-state index contributed by atoms with van der Waals surface area (Å²) in [5.41, 5.74) is 2.81. The van der Waals surface area contributed by atoms with Crippen molar-refractivity contribution in [1.29, 1.82) is 0 Å². The SMILES string of the molecule is Cc1cccc(-c2nc(S(=O)(=O)c3ccccc3)c(N(C)Cc3ccccc3)o2)c1. The predicted molar refractivity (Wildman–Crippen MR) is 117 cm³/mol. The molecule has 0 saturated carbocycles. The molecule has 0 radical (unpaired) electrons. The molecule has 30 heavy (non-hydrogen) atoms. The first-order valence-corrected chi connectivity index (χ1v) is 11.1. The van der Waals surface area contributed by atoms with Crippen molar-refractivity contribution in [2.75, 3.05) is 11.9 Å². The van der Waals surface area contributed by atoms with Crippen LogP contribution < -0.4 is 4.90 Å². The van der Waals surface area contributed by atoms with E-state index in [1.54, 1.807) is 42.3 Å². The number of aromatic nitrogens is 1. The quantitative estimate of drug-likeness (QED) is 0.435. The summed E-state index contributed by atoms with van der Waals surface area (Å²) in [6.45, 7) is 2.46. The van der Waals surface area contributed by atoms with Crippen molar-refractivity contribution in [2.45, 2.75) is 23.4 Å². The highest BCUT2D eigenvalue weighted by Gasteiger charge is 2.30. The van der Waals surface area contributed by atoms with E-state index < -0.39 is 9.84 Å². The van der Waals surface area contributed by atoms with Crippen LogP contribution in [0.1, 0.15) is 11.1 Å². The molecule has 0 unspecified atom stereocenters. The lowest BCUT2D eigenvalue weighted by molar-refractivity contribution is 0.554. The Bertz CT molecular complexity index is 1250. The lowest BCUT2D eigenvalue weighted by Crippen LogP contribution is -2.18. The highest BCUT2D eigenvalue weighted by Crippen LogP contribution is 2.34. The fourth-order valence-corrected chi connectivity index (χ4v) is 4.63. The van der Waals surface area contributed by atoms with Crippen molar-refractivity contribution in [3.05, 3.63) is 96.1 Å². The lowest BCUT2D eigenvalue weighted by Gasteiger charge is -2.17. The molecule has 5 nitrogen and oxygen atoms in total. The summed E-state index contributed by atoms with van der Waals surface area (Å²) in [4.78, 5) is 6.40. The van der Waals surface area contributed by atoms with Crippen molar-refractivity contribution in [3.8, 4) is 11.5 Å². The number of anilines is 1. The summed E-state index contributed by atoms with van der Waals surface area (Å²) < 4.78 is 32.8. The second kappa shape index (κ2) is 8.16. The normalized spacial score (nSPS) is 11.4. The summed E-state index contributed by atoms with van der Waals surface area (Å²) in [7, 11) is -2.05. The molecule has 3 aromatic carbocycles. The molecule has 1 heterocycles. The summed E-state index contributed by atoms with van der Waals surface area (Å²) in [5, 5.41) is -0.0800. The highest BCUT2D eigenvalue weighted by atomic mass is 32.2. The van der Waals surface area contributed by atoms with Gasteiger partial charge in [-0.05, 0) is 36.8 Å². The summed E-state index contributed by atoms with van der Waals surface area (Å²) >= 11 is 0. The number of hydrogen-bond donors (Lipinski definition) is 0. The number of aryl methyl sites for hydroxylation is 1. The predicted octanol–water partition coefficient (Wildman–Crippen LogP) is 5.12. The van der Waals surface area contributed by atoms with Crippen molar-refractivity contribution in [1.82, 2.24) is 4.98 Å². The van der Waals surface area contributed by atoms with Crippen LogP contribution >= 0.6 is 0 Å². The van der Waals surface area contributed by atoms with Crippen LogP contribution in [0.4, 0.5) is 5.88 Å². The highest BCUT2D eigenvalue weighted by molar-refractivity contribution is 7.91. The standard InChI is InChI=1S/C24H22N2O3S/c1-18-10-9-13-20(16-18)22-25-23(30(27,28)21-14-7-4-8-15-21)24(29-22)26(2)17-19-11-5-3-6-12-19/h3-16H,17H2,1-2H3. The first-order chi connectivity index (χ1) is 14.4. The van der Waals surface area contributed by atoms with Gasteiger partial charge in [0.2, 0.25) is 26.6 Å². The van der Waals surface area contributed by atoms with Gasteiger partial charge in [0.25, 0.3) is 0 Å². The molecule has 0 atom stereocenters. The van der Waals surface area contributed by atoms with Crippen LogP contribution in [0.25, 0.3) is 11.5 Å². The zero-order valence-electron chi connectivity index (χ0n) is 16.8. The van der Waals surface area contributed by atoms with Crippen molar-refractivity contribution in [3.63, 3.8) is 0 Å². The van der Waals surface area contributed by atoms with Gasteiger partial charge in [-0.3, -0.25) is 0 Å². The zero-order valence-corrected chi connectivity index (χ0v) is 17.6. The molecule has 6 heteroatoms. The number of rotatable bonds is 6. The smallest absolute Gasteiger partial charge is 0.236 e. The Balaban J connectivity index is 1.83. The van der Waals surface area contributed by atoms with Crippen LogP contribution in [0.3, 0.4) is 0 Å². The minimum Gasteiger partial charge on any atom is -0.419 e. The van der Waals surface area contributed by atoms with Gasteiger partial charge in [-0.15, -0.1) is 0 Å².